The number of aliphatic carboxylic acids is 1. The van der Waals surface area contributed by atoms with Crippen LogP contribution in [0.15, 0.2) is 18.3 Å². The highest BCUT2D eigenvalue weighted by atomic mass is 19.4. The SMILES string of the molecule is CC(Nc1ccnc(C(F)(F)F)c1)C(=O)O. The van der Waals surface area contributed by atoms with Gasteiger partial charge >= 0.3 is 12.1 Å². The van der Waals surface area contributed by atoms with Gasteiger partial charge in [-0.05, 0) is 19.1 Å². The first-order chi connectivity index (χ1) is 7.30. The van der Waals surface area contributed by atoms with Crippen molar-refractivity contribution < 1.29 is 23.1 Å². The average Bonchev–Trinajstić information content (AvgIpc) is 2.16. The van der Waals surface area contributed by atoms with Crippen LogP contribution in [-0.2, 0) is 11.0 Å². The largest absolute Gasteiger partial charge is 0.480 e. The number of hydrogen-bond acceptors (Lipinski definition) is 3. The molecular weight excluding hydrogens is 225 g/mol. The zero-order chi connectivity index (χ0) is 12.3. The van der Waals surface area contributed by atoms with Crippen molar-refractivity contribution in [1.29, 1.82) is 0 Å². The number of nitrogens with one attached hydrogen (secondary N) is 1. The summed E-state index contributed by atoms with van der Waals surface area (Å²) < 4.78 is 36.8. The standard InChI is InChI=1S/C9H9F3N2O2/c1-5(8(15)16)14-6-2-3-13-7(4-6)9(10,11)12/h2-5H,1H3,(H,13,14)(H,15,16). The zero-order valence-corrected chi connectivity index (χ0v) is 8.25. The van der Waals surface area contributed by atoms with Crippen LogP contribution >= 0.6 is 0 Å². The van der Waals surface area contributed by atoms with E-state index in [1.165, 1.54) is 13.0 Å². The van der Waals surface area contributed by atoms with Crippen LogP contribution < -0.4 is 5.32 Å². The van der Waals surface area contributed by atoms with E-state index in [1.807, 2.05) is 0 Å². The van der Waals surface area contributed by atoms with E-state index >= 15 is 0 Å². The molecule has 0 spiro atoms. The van der Waals surface area contributed by atoms with Gasteiger partial charge < -0.3 is 10.4 Å². The Morgan fingerprint density at radius 3 is 2.69 bits per heavy atom. The van der Waals surface area contributed by atoms with Gasteiger partial charge in [0.15, 0.2) is 0 Å². The Bertz CT molecular complexity index is 393. The van der Waals surface area contributed by atoms with Gasteiger partial charge in [-0.2, -0.15) is 13.2 Å². The third-order valence-electron chi connectivity index (χ3n) is 1.80. The van der Waals surface area contributed by atoms with Gasteiger partial charge in [0.25, 0.3) is 0 Å². The van der Waals surface area contributed by atoms with Crippen molar-refractivity contribution in [3.8, 4) is 0 Å². The molecule has 0 fully saturated rings. The Balaban J connectivity index is 2.87. The molecule has 1 aromatic heterocycles. The molecule has 0 aliphatic rings. The molecule has 0 saturated heterocycles. The van der Waals surface area contributed by atoms with Gasteiger partial charge in [-0.15, -0.1) is 0 Å². The van der Waals surface area contributed by atoms with Gasteiger partial charge in [-0.3, -0.25) is 9.78 Å². The molecule has 2 N–H and O–H groups in total. The summed E-state index contributed by atoms with van der Waals surface area (Å²) in [5.74, 6) is -1.15. The zero-order valence-electron chi connectivity index (χ0n) is 8.25. The number of anilines is 1. The highest BCUT2D eigenvalue weighted by Gasteiger charge is 2.32. The second-order valence-electron chi connectivity index (χ2n) is 3.13. The summed E-state index contributed by atoms with van der Waals surface area (Å²) in [4.78, 5) is 13.6. The van der Waals surface area contributed by atoms with E-state index in [-0.39, 0.29) is 5.69 Å². The fraction of sp³-hybridized carbons (Fsp3) is 0.333. The van der Waals surface area contributed by atoms with Crippen molar-refractivity contribution in [2.24, 2.45) is 0 Å². The number of carbonyl (C=O) groups is 1. The number of aromatic nitrogens is 1. The molecule has 0 radical (unpaired) electrons. The maximum Gasteiger partial charge on any atom is 0.433 e. The smallest absolute Gasteiger partial charge is 0.433 e. The topological polar surface area (TPSA) is 62.2 Å². The number of carboxylic acid groups (broad SMARTS) is 1. The molecule has 1 heterocycles. The first-order valence-corrected chi connectivity index (χ1v) is 4.33. The van der Waals surface area contributed by atoms with Gasteiger partial charge in [0.05, 0.1) is 0 Å². The highest BCUT2D eigenvalue weighted by Crippen LogP contribution is 2.28. The lowest BCUT2D eigenvalue weighted by atomic mass is 10.2. The maximum absolute atomic E-state index is 12.3. The molecule has 1 atom stereocenters. The number of alkyl halides is 3. The van der Waals surface area contributed by atoms with Crippen LogP contribution in [0.3, 0.4) is 0 Å². The third-order valence-corrected chi connectivity index (χ3v) is 1.80. The fourth-order valence-corrected chi connectivity index (χ4v) is 0.987. The Morgan fingerprint density at radius 2 is 2.19 bits per heavy atom. The normalized spacial score (nSPS) is 13.2. The maximum atomic E-state index is 12.3. The molecule has 0 bridgehead atoms. The molecule has 88 valence electrons. The average molecular weight is 234 g/mol. The van der Waals surface area contributed by atoms with Gasteiger partial charge in [-0.1, -0.05) is 0 Å². The Hall–Kier alpha value is -1.79. The number of carboxylic acids is 1. The molecule has 0 aliphatic carbocycles. The van der Waals surface area contributed by atoms with Gasteiger partial charge in [0, 0.05) is 11.9 Å². The first kappa shape index (κ1) is 12.3. The van der Waals surface area contributed by atoms with Gasteiger partial charge in [0.2, 0.25) is 0 Å². The first-order valence-electron chi connectivity index (χ1n) is 4.33. The monoisotopic (exact) mass is 234 g/mol. The molecular formula is C9H9F3N2O2. The molecule has 0 aliphatic heterocycles. The molecule has 0 aromatic carbocycles. The Labute approximate surface area is 89.1 Å². The lowest BCUT2D eigenvalue weighted by Crippen LogP contribution is -2.25. The molecule has 4 nitrogen and oxygen atoms in total. The van der Waals surface area contributed by atoms with E-state index < -0.39 is 23.9 Å². The van der Waals surface area contributed by atoms with Crippen LogP contribution in [0.2, 0.25) is 0 Å². The molecule has 0 amide bonds. The Morgan fingerprint density at radius 1 is 1.56 bits per heavy atom. The predicted octanol–water partition coefficient (Wildman–Crippen LogP) is 1.99. The van der Waals surface area contributed by atoms with E-state index in [4.69, 9.17) is 5.11 Å². The Kier molecular flexibility index (Phi) is 3.36. The molecule has 16 heavy (non-hydrogen) atoms. The molecule has 7 heteroatoms. The van der Waals surface area contributed by atoms with Crippen molar-refractivity contribution in [3.63, 3.8) is 0 Å². The second kappa shape index (κ2) is 4.38. The van der Waals surface area contributed by atoms with E-state index in [1.54, 1.807) is 0 Å². The summed E-state index contributed by atoms with van der Waals surface area (Å²) in [6.07, 6.45) is -3.57. The van der Waals surface area contributed by atoms with Crippen molar-refractivity contribution in [1.82, 2.24) is 4.98 Å². The van der Waals surface area contributed by atoms with Crippen LogP contribution in [0.25, 0.3) is 0 Å². The number of hydrogen-bond donors (Lipinski definition) is 2. The van der Waals surface area contributed by atoms with E-state index in [9.17, 15) is 18.0 Å². The highest BCUT2D eigenvalue weighted by molar-refractivity contribution is 5.76. The minimum atomic E-state index is -4.54. The van der Waals surface area contributed by atoms with Crippen LogP contribution in [-0.4, -0.2) is 22.1 Å². The number of rotatable bonds is 3. The summed E-state index contributed by atoms with van der Waals surface area (Å²) in [5.41, 5.74) is -0.993. The summed E-state index contributed by atoms with van der Waals surface area (Å²) in [5, 5.41) is 11.0. The summed E-state index contributed by atoms with van der Waals surface area (Å²) in [6.45, 7) is 1.33. The minimum absolute atomic E-state index is 0.0669. The third kappa shape index (κ3) is 3.11. The molecule has 1 unspecified atom stereocenters. The summed E-state index contributed by atoms with van der Waals surface area (Å²) in [6, 6.07) is 1.07. The lowest BCUT2D eigenvalue weighted by Gasteiger charge is -2.12. The van der Waals surface area contributed by atoms with Crippen LogP contribution in [0.1, 0.15) is 12.6 Å². The molecule has 0 saturated carbocycles. The van der Waals surface area contributed by atoms with E-state index in [2.05, 4.69) is 10.3 Å². The number of halogens is 3. The molecule has 1 rings (SSSR count). The van der Waals surface area contributed by atoms with Crippen LogP contribution in [0.5, 0.6) is 0 Å². The number of nitrogens with zero attached hydrogens (tertiary/aromatic N) is 1. The second-order valence-corrected chi connectivity index (χ2v) is 3.13. The van der Waals surface area contributed by atoms with Crippen molar-refractivity contribution in [2.75, 3.05) is 5.32 Å². The van der Waals surface area contributed by atoms with Crippen LogP contribution in [0, 0.1) is 0 Å². The van der Waals surface area contributed by atoms with Crippen molar-refractivity contribution in [3.05, 3.63) is 24.0 Å². The van der Waals surface area contributed by atoms with Crippen molar-refractivity contribution >= 4 is 11.7 Å². The van der Waals surface area contributed by atoms with Crippen molar-refractivity contribution in [2.45, 2.75) is 19.1 Å². The molecule has 1 aromatic rings. The predicted molar refractivity (Wildman–Crippen MR) is 50.0 cm³/mol. The minimum Gasteiger partial charge on any atom is -0.480 e. The quantitative estimate of drug-likeness (QED) is 0.839. The van der Waals surface area contributed by atoms with Gasteiger partial charge in [-0.25, -0.2) is 0 Å². The fourth-order valence-electron chi connectivity index (χ4n) is 0.987. The van der Waals surface area contributed by atoms with E-state index in [0.29, 0.717) is 0 Å². The number of pyridine rings is 1. The van der Waals surface area contributed by atoms with E-state index in [0.717, 1.165) is 12.3 Å². The van der Waals surface area contributed by atoms with Crippen LogP contribution in [0.4, 0.5) is 18.9 Å². The summed E-state index contributed by atoms with van der Waals surface area (Å²) >= 11 is 0. The lowest BCUT2D eigenvalue weighted by molar-refractivity contribution is -0.141. The summed E-state index contributed by atoms with van der Waals surface area (Å²) in [7, 11) is 0. The van der Waals surface area contributed by atoms with Gasteiger partial charge in [0.1, 0.15) is 11.7 Å².